The van der Waals surface area contributed by atoms with Crippen molar-refractivity contribution in [2.75, 3.05) is 0 Å². The minimum absolute atomic E-state index is 0.769. The summed E-state index contributed by atoms with van der Waals surface area (Å²) in [5.41, 5.74) is 2.13. The van der Waals surface area contributed by atoms with Gasteiger partial charge in [0.25, 0.3) is 0 Å². The lowest BCUT2D eigenvalue weighted by Crippen LogP contribution is -2.01. The highest BCUT2D eigenvalue weighted by Crippen LogP contribution is 2.13. The first-order valence-corrected chi connectivity index (χ1v) is 6.74. The number of fused-ring (bicyclic) bond motifs is 1. The van der Waals surface area contributed by atoms with E-state index in [4.69, 9.17) is 12.2 Å². The number of H-pyrrole nitrogens is 1. The summed E-state index contributed by atoms with van der Waals surface area (Å²) in [7, 11) is 0. The van der Waals surface area contributed by atoms with E-state index in [2.05, 4.69) is 24.1 Å². The largest absolute Gasteiger partial charge is 0.337 e. The lowest BCUT2D eigenvalue weighted by atomic mass is 10.3. The highest BCUT2D eigenvalue weighted by Gasteiger charge is 2.03. The second-order valence-corrected chi connectivity index (χ2v) is 4.87. The summed E-state index contributed by atoms with van der Waals surface area (Å²) in [6.07, 6.45) is 11.5. The first kappa shape index (κ1) is 12.1. The molecule has 1 N–H and O–H groups in total. The molecule has 5 nitrogen and oxygen atoms in total. The number of hydrogen-bond acceptors (Lipinski definition) is 3. The third-order valence-corrected chi connectivity index (χ3v) is 3.51. The van der Waals surface area contributed by atoms with Gasteiger partial charge in [-0.15, -0.1) is 0 Å². The van der Waals surface area contributed by atoms with Crippen LogP contribution in [0.5, 0.6) is 0 Å². The molecule has 0 saturated carbocycles. The Balaban J connectivity index is 1.65. The quantitative estimate of drug-likeness (QED) is 0.574. The van der Waals surface area contributed by atoms with E-state index in [1.807, 2.05) is 31.0 Å². The van der Waals surface area contributed by atoms with Crippen LogP contribution in [-0.2, 0) is 13.1 Å². The molecular formula is C13H15N5S. The fourth-order valence-corrected chi connectivity index (χ4v) is 2.52. The van der Waals surface area contributed by atoms with Crippen molar-refractivity contribution in [2.24, 2.45) is 0 Å². The van der Waals surface area contributed by atoms with Crippen LogP contribution in [0.3, 0.4) is 0 Å². The van der Waals surface area contributed by atoms with Gasteiger partial charge in [-0.05, 0) is 31.1 Å². The van der Waals surface area contributed by atoms with Crippen LogP contribution in [-0.4, -0.2) is 24.1 Å². The summed E-state index contributed by atoms with van der Waals surface area (Å²) in [5.74, 6) is 0. The summed E-state index contributed by atoms with van der Waals surface area (Å²) in [6, 6.07) is 2.00. The van der Waals surface area contributed by atoms with Gasteiger partial charge in [0.05, 0.1) is 23.6 Å². The number of imidazole rings is 2. The van der Waals surface area contributed by atoms with Crippen molar-refractivity contribution in [3.05, 3.63) is 42.0 Å². The van der Waals surface area contributed by atoms with Crippen molar-refractivity contribution in [1.82, 2.24) is 24.1 Å². The molecule has 0 saturated heterocycles. The number of hydrogen-bond donors (Lipinski definition) is 1. The van der Waals surface area contributed by atoms with Crippen LogP contribution in [0, 0.1) is 4.77 Å². The number of aromatic amines is 1. The number of nitrogens with zero attached hydrogens (tertiary/aromatic N) is 4. The predicted octanol–water partition coefficient (Wildman–Crippen LogP) is 2.77. The minimum Gasteiger partial charge on any atom is -0.337 e. The number of unbranched alkanes of at least 4 members (excludes halogenated alkanes) is 1. The van der Waals surface area contributed by atoms with E-state index < -0.39 is 0 Å². The zero-order valence-corrected chi connectivity index (χ0v) is 11.3. The summed E-state index contributed by atoms with van der Waals surface area (Å²) >= 11 is 5.35. The Morgan fingerprint density at radius 2 is 2.05 bits per heavy atom. The number of aryl methyl sites for hydroxylation is 2. The van der Waals surface area contributed by atoms with Crippen molar-refractivity contribution in [2.45, 2.75) is 25.9 Å². The van der Waals surface area contributed by atoms with Crippen LogP contribution in [0.2, 0.25) is 0 Å². The van der Waals surface area contributed by atoms with Crippen molar-refractivity contribution in [3.8, 4) is 0 Å². The Morgan fingerprint density at radius 3 is 2.89 bits per heavy atom. The summed E-state index contributed by atoms with van der Waals surface area (Å²) in [6.45, 7) is 1.93. The van der Waals surface area contributed by atoms with Gasteiger partial charge in [-0.3, -0.25) is 4.98 Å². The van der Waals surface area contributed by atoms with Gasteiger partial charge in [-0.2, -0.15) is 0 Å². The first-order chi connectivity index (χ1) is 9.34. The Labute approximate surface area is 115 Å². The Morgan fingerprint density at radius 1 is 1.16 bits per heavy atom. The molecule has 0 fully saturated rings. The molecule has 0 atom stereocenters. The normalized spacial score (nSPS) is 11.2. The number of aromatic nitrogens is 5. The highest BCUT2D eigenvalue weighted by atomic mass is 32.1. The number of pyridine rings is 1. The van der Waals surface area contributed by atoms with Crippen molar-refractivity contribution < 1.29 is 0 Å². The van der Waals surface area contributed by atoms with E-state index >= 15 is 0 Å². The molecule has 0 aliphatic carbocycles. The molecule has 3 rings (SSSR count). The van der Waals surface area contributed by atoms with E-state index in [0.29, 0.717) is 0 Å². The summed E-state index contributed by atoms with van der Waals surface area (Å²) < 4.78 is 5.00. The van der Waals surface area contributed by atoms with Gasteiger partial charge in [0.2, 0.25) is 0 Å². The monoisotopic (exact) mass is 273 g/mol. The maximum atomic E-state index is 5.35. The van der Waals surface area contributed by atoms with E-state index in [9.17, 15) is 0 Å². The van der Waals surface area contributed by atoms with Gasteiger partial charge < -0.3 is 14.1 Å². The standard InChI is InChI=1S/C13H15N5S/c19-13-16-11-9-14-4-3-12(11)18(13)7-2-1-6-17-8-5-15-10-17/h3-5,8-10H,1-2,6-7H2,(H,16,19). The summed E-state index contributed by atoms with van der Waals surface area (Å²) in [5, 5.41) is 0. The number of nitrogens with one attached hydrogen (secondary N) is 1. The van der Waals surface area contributed by atoms with Crippen molar-refractivity contribution in [1.29, 1.82) is 0 Å². The van der Waals surface area contributed by atoms with Gasteiger partial charge in [-0.25, -0.2) is 4.98 Å². The average Bonchev–Trinajstić information content (AvgIpc) is 3.02. The van der Waals surface area contributed by atoms with Gasteiger partial charge >= 0.3 is 0 Å². The fourth-order valence-electron chi connectivity index (χ4n) is 2.22. The molecule has 0 radical (unpaired) electrons. The Hall–Kier alpha value is -1.95. The van der Waals surface area contributed by atoms with Gasteiger partial charge in [0.1, 0.15) is 0 Å². The van der Waals surface area contributed by atoms with Crippen LogP contribution >= 0.6 is 12.2 Å². The third kappa shape index (κ3) is 2.58. The predicted molar refractivity (Wildman–Crippen MR) is 76.4 cm³/mol. The van der Waals surface area contributed by atoms with Crippen molar-refractivity contribution >= 4 is 23.3 Å². The lowest BCUT2D eigenvalue weighted by Gasteiger charge is -2.05. The van der Waals surface area contributed by atoms with Crippen LogP contribution in [0.4, 0.5) is 0 Å². The topological polar surface area (TPSA) is 51.4 Å². The molecule has 3 heterocycles. The second kappa shape index (κ2) is 5.36. The molecule has 0 aliphatic rings. The lowest BCUT2D eigenvalue weighted by molar-refractivity contribution is 0.556. The summed E-state index contributed by atoms with van der Waals surface area (Å²) in [4.78, 5) is 11.3. The third-order valence-electron chi connectivity index (χ3n) is 3.18. The van der Waals surface area contributed by atoms with Gasteiger partial charge in [-0.1, -0.05) is 0 Å². The molecular weight excluding hydrogens is 258 g/mol. The Kier molecular flexibility index (Phi) is 3.41. The molecule has 0 aliphatic heterocycles. The fraction of sp³-hybridized carbons (Fsp3) is 0.308. The molecule has 0 aromatic carbocycles. The van der Waals surface area contributed by atoms with Crippen LogP contribution in [0.25, 0.3) is 11.0 Å². The first-order valence-electron chi connectivity index (χ1n) is 6.33. The molecule has 6 heteroatoms. The smallest absolute Gasteiger partial charge is 0.178 e. The molecule has 0 unspecified atom stereocenters. The van der Waals surface area contributed by atoms with E-state index in [1.54, 1.807) is 6.20 Å². The Bertz CT molecular complexity index is 710. The molecule has 19 heavy (non-hydrogen) atoms. The molecule has 0 amide bonds. The highest BCUT2D eigenvalue weighted by molar-refractivity contribution is 7.71. The zero-order chi connectivity index (χ0) is 13.1. The maximum Gasteiger partial charge on any atom is 0.178 e. The molecule has 0 spiro atoms. The maximum absolute atomic E-state index is 5.35. The van der Waals surface area contributed by atoms with Crippen LogP contribution < -0.4 is 0 Å². The molecule has 3 aromatic heterocycles. The molecule has 98 valence electrons. The van der Waals surface area contributed by atoms with Gasteiger partial charge in [0, 0.05) is 31.7 Å². The van der Waals surface area contributed by atoms with E-state index in [0.717, 1.165) is 41.7 Å². The molecule has 0 bridgehead atoms. The van der Waals surface area contributed by atoms with Crippen LogP contribution in [0.1, 0.15) is 12.8 Å². The van der Waals surface area contributed by atoms with E-state index in [1.165, 1.54) is 0 Å². The van der Waals surface area contributed by atoms with Crippen LogP contribution in [0.15, 0.2) is 37.2 Å². The second-order valence-electron chi connectivity index (χ2n) is 4.48. The molecule has 3 aromatic rings. The number of rotatable bonds is 5. The SMILES string of the molecule is S=c1[nH]c2cnccc2n1CCCCn1ccnc1. The minimum atomic E-state index is 0.769. The van der Waals surface area contributed by atoms with Crippen molar-refractivity contribution in [3.63, 3.8) is 0 Å². The average molecular weight is 273 g/mol. The van der Waals surface area contributed by atoms with E-state index in [-0.39, 0.29) is 0 Å². The zero-order valence-electron chi connectivity index (χ0n) is 10.5. The van der Waals surface area contributed by atoms with Gasteiger partial charge in [0.15, 0.2) is 4.77 Å².